The molecule has 64 heavy (non-hydrogen) atoms. The largest absolute Gasteiger partial charge is 0.370 e. The molecule has 0 spiro atoms. The van der Waals surface area contributed by atoms with Crippen LogP contribution in [-0.4, -0.2) is 96.6 Å². The predicted octanol–water partition coefficient (Wildman–Crippen LogP) is 6.96. The van der Waals surface area contributed by atoms with Crippen LogP contribution in [0.15, 0.2) is 79.3 Å². The monoisotopic (exact) mass is 915 g/mol. The third kappa shape index (κ3) is 9.13. The lowest BCUT2D eigenvalue weighted by molar-refractivity contribution is -0.134. The molecule has 0 saturated carbocycles. The summed E-state index contributed by atoms with van der Waals surface area (Å²) in [5.41, 5.74) is 3.52. The van der Waals surface area contributed by atoms with Gasteiger partial charge in [0.05, 0.1) is 17.6 Å². The average molecular weight is 916 g/mol. The zero-order valence-corrected chi connectivity index (χ0v) is 36.7. The summed E-state index contributed by atoms with van der Waals surface area (Å²) < 4.78 is 75.6. The second-order valence-electron chi connectivity index (χ2n) is 17.2. The molecule has 336 valence electrons. The number of rotatable bonds is 10. The molecule has 0 aliphatic carbocycles. The second-order valence-corrected chi connectivity index (χ2v) is 19.1. The molecule has 18 heteroatoms. The Balaban J connectivity index is 0.865. The van der Waals surface area contributed by atoms with Crippen LogP contribution in [-0.2, 0) is 19.8 Å². The standard InChI is InChI=1S/C46H49ClF3N9O4S/c47-32-24-35(44(50)36(25-32)40-3-1-18-59(40)64(51,62)63)37-28-58(54-45(37)30-10-14-52-15-11-30)42-8-5-33(26-39(42)49)56-17-2-16-55(21-22-56)27-29-12-19-57(20-13-29)41-7-4-31(23-38(41)48)34-6-9-43(60)53-46(34)61/h4-5,7-8,10-11,14-15,23-26,28-29,34,40H,1-3,6,9,12-13,16-22,27H2,(H2,51,62,63)(H,53,60,61). The number of nitrogens with one attached hydrogen (secondary N) is 1. The van der Waals surface area contributed by atoms with E-state index in [4.69, 9.17) is 21.8 Å². The second kappa shape index (κ2) is 18.3. The summed E-state index contributed by atoms with van der Waals surface area (Å²) >= 11 is 6.58. The fourth-order valence-electron chi connectivity index (χ4n) is 9.84. The first-order valence-corrected chi connectivity index (χ1v) is 23.6. The van der Waals surface area contributed by atoms with Gasteiger partial charge in [0.15, 0.2) is 5.82 Å². The number of nitrogens with two attached hydrogens (primary N) is 1. The molecule has 0 radical (unpaired) electrons. The SMILES string of the molecule is NS(=O)(=O)N1CCCC1c1cc(Cl)cc(-c2cn(-c3ccc(N4CCCN(CC5CCN(c6ccc(C7CCC(=O)NC7=O)cc6F)CC5)CC4)cc3F)nc2-c2ccncc2)c1F. The lowest BCUT2D eigenvalue weighted by atomic mass is 9.90. The van der Waals surface area contributed by atoms with Crippen LogP contribution in [0.2, 0.25) is 5.02 Å². The molecule has 2 unspecified atom stereocenters. The number of benzene rings is 3. The number of nitrogens with zero attached hydrogens (tertiary/aromatic N) is 7. The third-order valence-corrected chi connectivity index (χ3v) is 14.4. The molecule has 3 aromatic carbocycles. The van der Waals surface area contributed by atoms with Gasteiger partial charge in [-0.05, 0) is 111 Å². The van der Waals surface area contributed by atoms with Gasteiger partial charge >= 0.3 is 0 Å². The maximum absolute atomic E-state index is 16.7. The van der Waals surface area contributed by atoms with Crippen molar-refractivity contribution in [1.82, 2.24) is 29.3 Å². The summed E-state index contributed by atoms with van der Waals surface area (Å²) in [5.74, 6) is -2.28. The molecule has 0 bridgehead atoms. The lowest BCUT2D eigenvalue weighted by Crippen LogP contribution is -2.40. The molecule has 2 atom stereocenters. The van der Waals surface area contributed by atoms with Crippen LogP contribution in [0.5, 0.6) is 0 Å². The van der Waals surface area contributed by atoms with Gasteiger partial charge < -0.3 is 14.7 Å². The van der Waals surface area contributed by atoms with E-state index >= 15 is 13.2 Å². The topological polar surface area (TPSA) is 150 Å². The van der Waals surface area contributed by atoms with Crippen LogP contribution in [0.4, 0.5) is 24.5 Å². The average Bonchev–Trinajstić information content (AvgIpc) is 3.89. The maximum atomic E-state index is 16.7. The maximum Gasteiger partial charge on any atom is 0.277 e. The Bertz CT molecular complexity index is 2680. The summed E-state index contributed by atoms with van der Waals surface area (Å²) in [4.78, 5) is 34.7. The number of imide groups is 1. The van der Waals surface area contributed by atoms with Gasteiger partial charge in [0.25, 0.3) is 10.2 Å². The van der Waals surface area contributed by atoms with Crippen molar-refractivity contribution in [3.05, 3.63) is 113 Å². The van der Waals surface area contributed by atoms with Crippen molar-refractivity contribution >= 4 is 45.0 Å². The van der Waals surface area contributed by atoms with Gasteiger partial charge in [-0.15, -0.1) is 0 Å². The van der Waals surface area contributed by atoms with Gasteiger partial charge in [-0.1, -0.05) is 17.7 Å². The summed E-state index contributed by atoms with van der Waals surface area (Å²) in [7, 11) is -4.11. The molecule has 9 rings (SSSR count). The Morgan fingerprint density at radius 3 is 2.28 bits per heavy atom. The summed E-state index contributed by atoms with van der Waals surface area (Å²) in [6.07, 6.45) is 8.95. The van der Waals surface area contributed by atoms with Crippen LogP contribution in [0.1, 0.15) is 68.0 Å². The summed E-state index contributed by atoms with van der Waals surface area (Å²) in [5, 5.41) is 12.8. The van der Waals surface area contributed by atoms with E-state index in [2.05, 4.69) is 25.0 Å². The minimum absolute atomic E-state index is 0.0887. The highest BCUT2D eigenvalue weighted by atomic mass is 35.5. The van der Waals surface area contributed by atoms with E-state index in [0.717, 1.165) is 68.5 Å². The van der Waals surface area contributed by atoms with Gasteiger partial charge in [0.2, 0.25) is 11.8 Å². The predicted molar refractivity (Wildman–Crippen MR) is 239 cm³/mol. The zero-order valence-electron chi connectivity index (χ0n) is 35.1. The van der Waals surface area contributed by atoms with E-state index < -0.39 is 33.8 Å². The highest BCUT2D eigenvalue weighted by Crippen LogP contribution is 2.42. The number of aromatic nitrogens is 3. The molecule has 13 nitrogen and oxygen atoms in total. The van der Waals surface area contributed by atoms with Crippen molar-refractivity contribution in [3.63, 3.8) is 0 Å². The number of halogens is 4. The fourth-order valence-corrected chi connectivity index (χ4v) is 11.0. The molecule has 6 heterocycles. The highest BCUT2D eigenvalue weighted by molar-refractivity contribution is 7.86. The Kier molecular flexibility index (Phi) is 12.5. The van der Waals surface area contributed by atoms with Crippen molar-refractivity contribution in [2.45, 2.75) is 56.9 Å². The first-order valence-electron chi connectivity index (χ1n) is 21.7. The quantitative estimate of drug-likeness (QED) is 0.142. The number of carbonyl (C=O) groups excluding carboxylic acids is 2. The van der Waals surface area contributed by atoms with Crippen LogP contribution in [0.3, 0.4) is 0 Å². The number of piperidine rings is 2. The Hall–Kier alpha value is -5.33. The molecule has 5 aromatic rings. The Morgan fingerprint density at radius 2 is 1.55 bits per heavy atom. The molecule has 4 aliphatic rings. The third-order valence-electron chi connectivity index (χ3n) is 13.1. The Labute approximate surface area is 375 Å². The van der Waals surface area contributed by atoms with Crippen molar-refractivity contribution in [2.24, 2.45) is 11.1 Å². The van der Waals surface area contributed by atoms with Gasteiger partial charge in [-0.3, -0.25) is 19.9 Å². The van der Waals surface area contributed by atoms with Crippen molar-refractivity contribution in [2.75, 3.05) is 62.2 Å². The van der Waals surface area contributed by atoms with E-state index in [1.54, 1.807) is 48.9 Å². The number of pyridine rings is 1. The molecule has 4 aliphatic heterocycles. The van der Waals surface area contributed by atoms with E-state index in [0.29, 0.717) is 59.8 Å². The molecular weight excluding hydrogens is 867 g/mol. The molecule has 2 amide bonds. The first-order chi connectivity index (χ1) is 30.8. The van der Waals surface area contributed by atoms with Gasteiger partial charge in [-0.25, -0.2) is 23.0 Å². The van der Waals surface area contributed by atoms with E-state index in [9.17, 15) is 18.0 Å². The minimum atomic E-state index is -4.11. The Morgan fingerprint density at radius 1 is 0.781 bits per heavy atom. The van der Waals surface area contributed by atoms with Crippen LogP contribution in [0.25, 0.3) is 28.1 Å². The minimum Gasteiger partial charge on any atom is -0.370 e. The van der Waals surface area contributed by atoms with Crippen LogP contribution >= 0.6 is 11.6 Å². The number of carbonyl (C=O) groups is 2. The summed E-state index contributed by atoms with van der Waals surface area (Å²) in [6.45, 7) is 5.71. The van der Waals surface area contributed by atoms with E-state index in [1.165, 1.54) is 28.9 Å². The number of hydrogen-bond acceptors (Lipinski definition) is 9. The van der Waals surface area contributed by atoms with Crippen molar-refractivity contribution < 1.29 is 31.2 Å². The molecule has 2 aromatic heterocycles. The molecular formula is C46H49ClF3N9O4S. The number of hydrogen-bond donors (Lipinski definition) is 2. The summed E-state index contributed by atoms with van der Waals surface area (Å²) in [6, 6.07) is 15.5. The normalized spacial score (nSPS) is 20.8. The van der Waals surface area contributed by atoms with Crippen LogP contribution in [0, 0.1) is 23.4 Å². The first kappa shape index (κ1) is 43.9. The fraction of sp³-hybridized carbons (Fsp3) is 0.391. The molecule has 3 N–H and O–H groups in total. The van der Waals surface area contributed by atoms with Gasteiger partial charge in [0.1, 0.15) is 23.0 Å². The van der Waals surface area contributed by atoms with Crippen molar-refractivity contribution in [3.8, 4) is 28.1 Å². The zero-order chi connectivity index (χ0) is 44.7. The van der Waals surface area contributed by atoms with E-state index in [-0.39, 0.29) is 52.4 Å². The number of anilines is 2. The molecule has 4 fully saturated rings. The van der Waals surface area contributed by atoms with E-state index in [1.807, 2.05) is 6.07 Å². The number of amides is 2. The highest BCUT2D eigenvalue weighted by Gasteiger charge is 2.36. The lowest BCUT2D eigenvalue weighted by Gasteiger charge is -2.36. The smallest absolute Gasteiger partial charge is 0.277 e. The van der Waals surface area contributed by atoms with Gasteiger partial charge in [-0.2, -0.15) is 17.8 Å². The van der Waals surface area contributed by atoms with Gasteiger partial charge in [0, 0.05) is 104 Å². The molecule has 4 saturated heterocycles. The van der Waals surface area contributed by atoms with Crippen LogP contribution < -0.4 is 20.3 Å². The van der Waals surface area contributed by atoms with Crippen molar-refractivity contribution in [1.29, 1.82) is 0 Å².